The molecule has 0 saturated heterocycles. The lowest BCUT2D eigenvalue weighted by atomic mass is 10.1. The van der Waals surface area contributed by atoms with Gasteiger partial charge >= 0.3 is 0 Å². The van der Waals surface area contributed by atoms with Gasteiger partial charge in [-0.05, 0) is 54.0 Å². The molecule has 2 aromatic carbocycles. The normalized spacial score (nSPS) is 16.6. The van der Waals surface area contributed by atoms with Crippen molar-refractivity contribution in [3.8, 4) is 5.75 Å². The molecule has 2 aromatic rings. The molecule has 0 radical (unpaired) electrons. The van der Waals surface area contributed by atoms with Crippen LogP contribution in [0.3, 0.4) is 0 Å². The van der Waals surface area contributed by atoms with Crippen molar-refractivity contribution in [2.75, 3.05) is 18.2 Å². The summed E-state index contributed by atoms with van der Waals surface area (Å²) in [4.78, 5) is 1.33. The van der Waals surface area contributed by atoms with Crippen LogP contribution in [0.1, 0.15) is 30.5 Å². The lowest BCUT2D eigenvalue weighted by Gasteiger charge is -2.18. The fraction of sp³-hybridized carbons (Fsp3) is 0.333. The molecule has 2 nitrogen and oxygen atoms in total. The molecule has 0 bridgehead atoms. The number of methoxy groups -OCH3 is 1. The van der Waals surface area contributed by atoms with Gasteiger partial charge in [-0.2, -0.15) is 0 Å². The second kappa shape index (κ2) is 6.44. The molecule has 0 saturated carbocycles. The summed E-state index contributed by atoms with van der Waals surface area (Å²) in [7, 11) is 1.73. The molecule has 3 heteroatoms. The van der Waals surface area contributed by atoms with Crippen LogP contribution >= 0.6 is 11.8 Å². The molecule has 0 heterocycles. The van der Waals surface area contributed by atoms with E-state index in [0.29, 0.717) is 6.04 Å². The van der Waals surface area contributed by atoms with Gasteiger partial charge in [-0.15, -0.1) is 11.8 Å². The van der Waals surface area contributed by atoms with E-state index < -0.39 is 0 Å². The van der Waals surface area contributed by atoms with E-state index in [1.54, 1.807) is 7.11 Å². The Morgan fingerprint density at radius 2 is 2.10 bits per heavy atom. The summed E-state index contributed by atoms with van der Waals surface area (Å²) in [5, 5.41) is 3.73. The summed E-state index contributed by atoms with van der Waals surface area (Å²) < 4.78 is 5.37. The number of hydrogen-bond donors (Lipinski definition) is 1. The number of benzene rings is 2. The third-order valence-corrected chi connectivity index (χ3v) is 4.90. The number of para-hydroxylation sites is 1. The lowest BCUT2D eigenvalue weighted by Crippen LogP contribution is -2.08. The van der Waals surface area contributed by atoms with E-state index in [1.165, 1.54) is 21.7 Å². The van der Waals surface area contributed by atoms with Crippen molar-refractivity contribution in [1.82, 2.24) is 0 Å². The minimum absolute atomic E-state index is 0.383. The molecule has 1 aliphatic rings. The van der Waals surface area contributed by atoms with Crippen LogP contribution in [0.25, 0.3) is 0 Å². The van der Waals surface area contributed by atoms with Gasteiger partial charge in [0.25, 0.3) is 0 Å². The largest absolute Gasteiger partial charge is 0.497 e. The van der Waals surface area contributed by atoms with Crippen molar-refractivity contribution < 1.29 is 4.74 Å². The number of anilines is 1. The van der Waals surface area contributed by atoms with E-state index in [0.717, 1.165) is 24.3 Å². The van der Waals surface area contributed by atoms with E-state index >= 15 is 0 Å². The highest BCUT2D eigenvalue weighted by Gasteiger charge is 2.23. The van der Waals surface area contributed by atoms with E-state index in [1.807, 2.05) is 11.8 Å². The Hall–Kier alpha value is -1.61. The maximum absolute atomic E-state index is 5.37. The number of hydrogen-bond acceptors (Lipinski definition) is 3. The van der Waals surface area contributed by atoms with Crippen molar-refractivity contribution in [3.05, 3.63) is 53.6 Å². The molecule has 1 N–H and O–H groups in total. The smallest absolute Gasteiger partial charge is 0.119 e. The van der Waals surface area contributed by atoms with Gasteiger partial charge in [-0.25, -0.2) is 0 Å². The van der Waals surface area contributed by atoms with Crippen molar-refractivity contribution in [1.29, 1.82) is 0 Å². The molecule has 3 rings (SSSR count). The fourth-order valence-electron chi connectivity index (χ4n) is 2.91. The van der Waals surface area contributed by atoms with Crippen molar-refractivity contribution in [2.45, 2.75) is 30.7 Å². The Bertz CT molecular complexity index is 626. The Morgan fingerprint density at radius 3 is 2.90 bits per heavy atom. The highest BCUT2D eigenvalue weighted by atomic mass is 32.2. The number of thioether (sulfide) groups is 1. The molecular weight excluding hydrogens is 278 g/mol. The number of aryl methyl sites for hydroxylation is 1. The zero-order chi connectivity index (χ0) is 14.7. The van der Waals surface area contributed by atoms with Gasteiger partial charge in [-0.3, -0.25) is 0 Å². The zero-order valence-corrected chi connectivity index (χ0v) is 13.4. The van der Waals surface area contributed by atoms with Gasteiger partial charge in [-0.1, -0.05) is 25.1 Å². The van der Waals surface area contributed by atoms with Crippen molar-refractivity contribution >= 4 is 17.4 Å². The summed E-state index contributed by atoms with van der Waals surface area (Å²) in [5.74, 6) is 2.03. The fourth-order valence-corrected chi connectivity index (χ4v) is 3.68. The first-order valence-electron chi connectivity index (χ1n) is 7.47. The number of fused-ring (bicyclic) bond motifs is 1. The quantitative estimate of drug-likeness (QED) is 0.793. The van der Waals surface area contributed by atoms with Gasteiger partial charge in [0.15, 0.2) is 0 Å². The van der Waals surface area contributed by atoms with Gasteiger partial charge < -0.3 is 10.1 Å². The molecule has 1 aliphatic carbocycles. The van der Waals surface area contributed by atoms with Crippen molar-refractivity contribution in [3.63, 3.8) is 0 Å². The van der Waals surface area contributed by atoms with Crippen LogP contribution in [0, 0.1) is 0 Å². The summed E-state index contributed by atoms with van der Waals surface area (Å²) in [6.45, 7) is 2.19. The topological polar surface area (TPSA) is 21.3 Å². The van der Waals surface area contributed by atoms with Crippen LogP contribution in [0.2, 0.25) is 0 Å². The monoisotopic (exact) mass is 299 g/mol. The Balaban J connectivity index is 1.85. The number of rotatable bonds is 5. The third-order valence-electron chi connectivity index (χ3n) is 3.95. The first-order chi connectivity index (χ1) is 10.3. The molecule has 0 fully saturated rings. The average molecular weight is 299 g/mol. The Labute approximate surface area is 130 Å². The molecule has 0 amide bonds. The summed E-state index contributed by atoms with van der Waals surface area (Å²) in [6.07, 6.45) is 2.29. The number of ether oxygens (including phenoxy) is 1. The van der Waals surface area contributed by atoms with Gasteiger partial charge in [0.05, 0.1) is 13.2 Å². The maximum Gasteiger partial charge on any atom is 0.119 e. The average Bonchev–Trinajstić information content (AvgIpc) is 2.92. The predicted octanol–water partition coefficient (Wildman–Crippen LogP) is 4.91. The van der Waals surface area contributed by atoms with E-state index in [-0.39, 0.29) is 0 Å². The molecule has 110 valence electrons. The predicted molar refractivity (Wildman–Crippen MR) is 90.5 cm³/mol. The second-order valence-corrected chi connectivity index (χ2v) is 6.54. The standard InChI is InChI=1S/C18H21NOS/c1-3-21-18-7-5-4-6-17(18)19-16-11-9-13-8-10-14(20-2)12-15(13)16/h4-8,10,12,16,19H,3,9,11H2,1-2H3. The summed E-state index contributed by atoms with van der Waals surface area (Å²) in [5.41, 5.74) is 4.06. The zero-order valence-electron chi connectivity index (χ0n) is 12.6. The lowest BCUT2D eigenvalue weighted by molar-refractivity contribution is 0.414. The molecular formula is C18H21NOS. The van der Waals surface area contributed by atoms with Gasteiger partial charge in [0.2, 0.25) is 0 Å². The first kappa shape index (κ1) is 14.3. The molecule has 0 aromatic heterocycles. The third kappa shape index (κ3) is 3.03. The van der Waals surface area contributed by atoms with Crippen LogP contribution < -0.4 is 10.1 Å². The van der Waals surface area contributed by atoms with Crippen LogP contribution in [0.15, 0.2) is 47.4 Å². The maximum atomic E-state index is 5.37. The van der Waals surface area contributed by atoms with Crippen molar-refractivity contribution in [2.24, 2.45) is 0 Å². The van der Waals surface area contributed by atoms with E-state index in [2.05, 4.69) is 54.7 Å². The SMILES string of the molecule is CCSc1ccccc1NC1CCc2ccc(OC)cc21. The van der Waals surface area contributed by atoms with Crippen LogP contribution in [0.4, 0.5) is 5.69 Å². The second-order valence-electron chi connectivity index (χ2n) is 5.23. The first-order valence-corrected chi connectivity index (χ1v) is 8.45. The van der Waals surface area contributed by atoms with E-state index in [4.69, 9.17) is 4.74 Å². The van der Waals surface area contributed by atoms with Crippen LogP contribution in [0.5, 0.6) is 5.75 Å². The minimum Gasteiger partial charge on any atom is -0.497 e. The highest BCUT2D eigenvalue weighted by molar-refractivity contribution is 7.99. The molecule has 0 aliphatic heterocycles. The highest BCUT2D eigenvalue weighted by Crippen LogP contribution is 2.38. The Morgan fingerprint density at radius 1 is 1.24 bits per heavy atom. The molecule has 1 atom stereocenters. The molecule has 0 spiro atoms. The van der Waals surface area contributed by atoms with Crippen LogP contribution in [-0.2, 0) is 6.42 Å². The number of nitrogens with one attached hydrogen (secondary N) is 1. The van der Waals surface area contributed by atoms with Crippen LogP contribution in [-0.4, -0.2) is 12.9 Å². The molecule has 1 unspecified atom stereocenters. The van der Waals surface area contributed by atoms with Gasteiger partial charge in [0, 0.05) is 10.6 Å². The molecule has 21 heavy (non-hydrogen) atoms. The minimum atomic E-state index is 0.383. The Kier molecular flexibility index (Phi) is 4.39. The summed E-state index contributed by atoms with van der Waals surface area (Å²) >= 11 is 1.89. The van der Waals surface area contributed by atoms with E-state index in [9.17, 15) is 0 Å². The summed E-state index contributed by atoms with van der Waals surface area (Å²) in [6, 6.07) is 15.4. The van der Waals surface area contributed by atoms with Gasteiger partial charge in [0.1, 0.15) is 5.75 Å².